The lowest BCUT2D eigenvalue weighted by Gasteiger charge is -2.07. The first-order valence-electron chi connectivity index (χ1n) is 4.70. The molecule has 0 aliphatic heterocycles. The Morgan fingerprint density at radius 3 is 3.00 bits per heavy atom. The lowest BCUT2D eigenvalue weighted by molar-refractivity contribution is 0.276. The van der Waals surface area contributed by atoms with E-state index in [1.807, 2.05) is 36.4 Å². The first-order valence-corrected chi connectivity index (χ1v) is 4.70. The van der Waals surface area contributed by atoms with Crippen molar-refractivity contribution < 1.29 is 4.74 Å². The SMILES string of the molecule is CC(C#N)Oc1cnc2ccccc2c1. The van der Waals surface area contributed by atoms with Gasteiger partial charge < -0.3 is 4.74 Å². The standard InChI is InChI=1S/C12H10N2O/c1-9(7-13)15-11-6-10-4-2-3-5-12(10)14-8-11/h2-6,8-9H,1H3. The van der Waals surface area contributed by atoms with Crippen molar-refractivity contribution in [3.63, 3.8) is 0 Å². The summed E-state index contributed by atoms with van der Waals surface area (Å²) < 4.78 is 5.35. The van der Waals surface area contributed by atoms with Crippen LogP contribution in [0.3, 0.4) is 0 Å². The maximum Gasteiger partial charge on any atom is 0.181 e. The molecule has 0 amide bonds. The molecule has 0 spiro atoms. The van der Waals surface area contributed by atoms with Crippen LogP contribution in [0.2, 0.25) is 0 Å². The predicted octanol–water partition coefficient (Wildman–Crippen LogP) is 2.53. The van der Waals surface area contributed by atoms with Crippen LogP contribution in [0.25, 0.3) is 10.9 Å². The van der Waals surface area contributed by atoms with Crippen molar-refractivity contribution in [1.82, 2.24) is 4.98 Å². The Kier molecular flexibility index (Phi) is 2.51. The lowest BCUT2D eigenvalue weighted by Crippen LogP contribution is -2.08. The number of rotatable bonds is 2. The molecule has 0 aliphatic carbocycles. The fourth-order valence-corrected chi connectivity index (χ4v) is 1.35. The summed E-state index contributed by atoms with van der Waals surface area (Å²) in [6.07, 6.45) is 1.18. The van der Waals surface area contributed by atoms with E-state index in [0.717, 1.165) is 10.9 Å². The van der Waals surface area contributed by atoms with Crippen molar-refractivity contribution in [3.8, 4) is 11.8 Å². The fourth-order valence-electron chi connectivity index (χ4n) is 1.35. The van der Waals surface area contributed by atoms with E-state index in [1.54, 1.807) is 13.1 Å². The van der Waals surface area contributed by atoms with Gasteiger partial charge in [-0.3, -0.25) is 4.98 Å². The Labute approximate surface area is 87.9 Å². The maximum absolute atomic E-state index is 8.61. The average Bonchev–Trinajstić information content (AvgIpc) is 2.29. The van der Waals surface area contributed by atoms with Gasteiger partial charge >= 0.3 is 0 Å². The molecule has 0 aliphatic rings. The lowest BCUT2D eigenvalue weighted by atomic mass is 10.2. The summed E-state index contributed by atoms with van der Waals surface area (Å²) in [5.41, 5.74) is 0.925. The van der Waals surface area contributed by atoms with E-state index in [9.17, 15) is 0 Å². The molecular formula is C12H10N2O. The van der Waals surface area contributed by atoms with Crippen molar-refractivity contribution in [3.05, 3.63) is 36.5 Å². The average molecular weight is 198 g/mol. The van der Waals surface area contributed by atoms with Gasteiger partial charge in [0, 0.05) is 5.39 Å². The van der Waals surface area contributed by atoms with Crippen LogP contribution in [0.15, 0.2) is 36.5 Å². The minimum absolute atomic E-state index is 0.451. The first-order chi connectivity index (χ1) is 7.29. The Morgan fingerprint density at radius 1 is 1.40 bits per heavy atom. The van der Waals surface area contributed by atoms with Gasteiger partial charge in [-0.1, -0.05) is 18.2 Å². The summed E-state index contributed by atoms with van der Waals surface area (Å²) in [4.78, 5) is 4.23. The molecule has 0 fully saturated rings. The number of fused-ring (bicyclic) bond motifs is 1. The first kappa shape index (κ1) is 9.47. The smallest absolute Gasteiger partial charge is 0.181 e. The van der Waals surface area contributed by atoms with Crippen LogP contribution in [-0.4, -0.2) is 11.1 Å². The van der Waals surface area contributed by atoms with Crippen LogP contribution < -0.4 is 4.74 Å². The van der Waals surface area contributed by atoms with Crippen LogP contribution in [0.1, 0.15) is 6.92 Å². The van der Waals surface area contributed by atoms with Gasteiger partial charge in [0.25, 0.3) is 0 Å². The molecule has 1 atom stereocenters. The van der Waals surface area contributed by atoms with Gasteiger partial charge in [0.2, 0.25) is 0 Å². The molecule has 0 saturated carbocycles. The third-order valence-corrected chi connectivity index (χ3v) is 2.06. The molecule has 3 heteroatoms. The molecule has 1 heterocycles. The summed E-state index contributed by atoms with van der Waals surface area (Å²) in [6, 6.07) is 11.7. The second kappa shape index (κ2) is 3.97. The molecule has 0 saturated heterocycles. The quantitative estimate of drug-likeness (QED) is 0.744. The van der Waals surface area contributed by atoms with Crippen molar-refractivity contribution in [2.45, 2.75) is 13.0 Å². The molecule has 15 heavy (non-hydrogen) atoms. The van der Waals surface area contributed by atoms with Gasteiger partial charge in [0.05, 0.1) is 11.7 Å². The zero-order valence-corrected chi connectivity index (χ0v) is 8.34. The number of benzene rings is 1. The number of pyridine rings is 1. The summed E-state index contributed by atoms with van der Waals surface area (Å²) in [5, 5.41) is 9.63. The Balaban J connectivity index is 2.35. The number of hydrogen-bond acceptors (Lipinski definition) is 3. The maximum atomic E-state index is 8.61. The topological polar surface area (TPSA) is 45.9 Å². The van der Waals surface area contributed by atoms with Gasteiger partial charge in [-0.2, -0.15) is 5.26 Å². The zero-order valence-electron chi connectivity index (χ0n) is 8.34. The second-order valence-electron chi connectivity index (χ2n) is 3.25. The molecule has 0 bridgehead atoms. The van der Waals surface area contributed by atoms with Crippen molar-refractivity contribution in [2.24, 2.45) is 0 Å². The van der Waals surface area contributed by atoms with Crippen LogP contribution in [0.4, 0.5) is 0 Å². The van der Waals surface area contributed by atoms with Crippen molar-refractivity contribution >= 4 is 10.9 Å². The monoisotopic (exact) mass is 198 g/mol. The van der Waals surface area contributed by atoms with E-state index in [-0.39, 0.29) is 0 Å². The van der Waals surface area contributed by atoms with Crippen molar-refractivity contribution in [1.29, 1.82) is 5.26 Å². The molecule has 1 aromatic carbocycles. The molecule has 3 nitrogen and oxygen atoms in total. The van der Waals surface area contributed by atoms with Gasteiger partial charge in [0.1, 0.15) is 11.8 Å². The number of nitriles is 1. The number of hydrogen-bond donors (Lipinski definition) is 0. The molecule has 0 N–H and O–H groups in total. The Morgan fingerprint density at radius 2 is 2.20 bits per heavy atom. The molecule has 0 radical (unpaired) electrons. The summed E-state index contributed by atoms with van der Waals surface area (Å²) in [6.45, 7) is 1.70. The normalized spacial score (nSPS) is 12.0. The summed E-state index contributed by atoms with van der Waals surface area (Å²) >= 11 is 0. The highest BCUT2D eigenvalue weighted by atomic mass is 16.5. The van der Waals surface area contributed by atoms with Gasteiger partial charge in [0.15, 0.2) is 6.10 Å². The number of nitrogens with zero attached hydrogens (tertiary/aromatic N) is 2. The largest absolute Gasteiger partial charge is 0.474 e. The van der Waals surface area contributed by atoms with E-state index in [1.165, 1.54) is 0 Å². The molecule has 1 aromatic heterocycles. The minimum atomic E-state index is -0.451. The molecule has 2 rings (SSSR count). The highest BCUT2D eigenvalue weighted by Crippen LogP contribution is 2.18. The van der Waals surface area contributed by atoms with Crippen LogP contribution in [0, 0.1) is 11.3 Å². The number of para-hydroxylation sites is 1. The third-order valence-electron chi connectivity index (χ3n) is 2.06. The third kappa shape index (κ3) is 2.05. The number of aromatic nitrogens is 1. The van der Waals surface area contributed by atoms with Crippen LogP contribution in [-0.2, 0) is 0 Å². The highest BCUT2D eigenvalue weighted by molar-refractivity contribution is 5.79. The van der Waals surface area contributed by atoms with Crippen LogP contribution in [0.5, 0.6) is 5.75 Å². The molecule has 2 aromatic rings. The van der Waals surface area contributed by atoms with E-state index >= 15 is 0 Å². The van der Waals surface area contributed by atoms with Crippen LogP contribution >= 0.6 is 0 Å². The zero-order chi connectivity index (χ0) is 10.7. The summed E-state index contributed by atoms with van der Waals surface area (Å²) in [7, 11) is 0. The van der Waals surface area contributed by atoms with E-state index < -0.39 is 6.10 Å². The van der Waals surface area contributed by atoms with Gasteiger partial charge in [-0.25, -0.2) is 0 Å². The van der Waals surface area contributed by atoms with E-state index in [0.29, 0.717) is 5.75 Å². The highest BCUT2D eigenvalue weighted by Gasteiger charge is 2.02. The Hall–Kier alpha value is -2.08. The minimum Gasteiger partial charge on any atom is -0.474 e. The molecular weight excluding hydrogens is 188 g/mol. The second-order valence-corrected chi connectivity index (χ2v) is 3.25. The van der Waals surface area contributed by atoms with E-state index in [2.05, 4.69) is 4.98 Å². The Bertz CT molecular complexity index is 516. The molecule has 74 valence electrons. The van der Waals surface area contributed by atoms with Crippen molar-refractivity contribution in [2.75, 3.05) is 0 Å². The fraction of sp³-hybridized carbons (Fsp3) is 0.167. The summed E-state index contributed by atoms with van der Waals surface area (Å²) in [5.74, 6) is 0.628. The van der Waals surface area contributed by atoms with Gasteiger partial charge in [-0.15, -0.1) is 0 Å². The number of ether oxygens (including phenoxy) is 1. The molecule has 1 unspecified atom stereocenters. The predicted molar refractivity (Wildman–Crippen MR) is 57.4 cm³/mol. The van der Waals surface area contributed by atoms with E-state index in [4.69, 9.17) is 10.00 Å². The van der Waals surface area contributed by atoms with Gasteiger partial charge in [-0.05, 0) is 19.1 Å².